The summed E-state index contributed by atoms with van der Waals surface area (Å²) in [6.45, 7) is -7.11. The Bertz CT molecular complexity index is 1470. The summed E-state index contributed by atoms with van der Waals surface area (Å²) in [5.41, 5.74) is 0. The summed E-state index contributed by atoms with van der Waals surface area (Å²) in [5.74, 6) is 0. The first kappa shape index (κ1) is 62.0. The van der Waals surface area contributed by atoms with Gasteiger partial charge in [-0.1, -0.05) is 0 Å². The minimum absolute atomic E-state index is 0.970. The van der Waals surface area contributed by atoms with E-state index in [1.165, 1.54) is 0 Å². The van der Waals surface area contributed by atoms with Gasteiger partial charge < -0.3 is 168 Å². The molecule has 21 saturated heterocycles. The second kappa shape index (κ2) is 26.3. The van der Waals surface area contributed by atoms with Crippen LogP contribution >= 0.6 is 12.6 Å². The minimum Gasteiger partial charge on any atom is -0.394 e. The van der Waals surface area contributed by atoms with Crippen LogP contribution in [0.5, 0.6) is 0 Å². The van der Waals surface area contributed by atoms with E-state index in [4.69, 9.17) is 66.3 Å². The Hall–Kier alpha value is -1.01. The fourth-order valence-corrected chi connectivity index (χ4v) is 10.7. The molecule has 21 fully saturated rings. The van der Waals surface area contributed by atoms with Crippen LogP contribution in [0.3, 0.4) is 0 Å². The van der Waals surface area contributed by atoms with E-state index >= 15 is 0 Å². The van der Waals surface area contributed by atoms with Crippen molar-refractivity contribution in [2.45, 2.75) is 214 Å². The lowest BCUT2D eigenvalue weighted by Gasteiger charge is -2.50. The lowest BCUT2D eigenvalue weighted by atomic mass is 9.95. The molecule has 0 aromatic carbocycles. The Labute approximate surface area is 440 Å². The highest BCUT2D eigenvalue weighted by Gasteiger charge is 2.59. The topological polar surface area (TPSA) is 534 Å². The lowest BCUT2D eigenvalue weighted by molar-refractivity contribution is -0.396. The average molecular weight is 1150 g/mol. The summed E-state index contributed by atoms with van der Waals surface area (Å²) in [7, 11) is 0. The number of rotatable bonds is 7. The molecule has 0 aliphatic carbocycles. The number of thiol groups is 1. The first-order valence-electron chi connectivity index (χ1n) is 24.6. The van der Waals surface area contributed by atoms with Crippen LogP contribution in [0.2, 0.25) is 0 Å². The van der Waals surface area contributed by atoms with Gasteiger partial charge in [-0.25, -0.2) is 0 Å². The van der Waals surface area contributed by atoms with Crippen molar-refractivity contribution >= 4 is 12.6 Å². The summed E-state index contributed by atoms with van der Waals surface area (Å²) in [5, 5.41) is 218. The van der Waals surface area contributed by atoms with Crippen molar-refractivity contribution in [2.75, 3.05) is 46.2 Å². The molecule has 0 radical (unpaired) electrons. The highest BCUT2D eigenvalue weighted by molar-refractivity contribution is 7.81. The zero-order valence-electron chi connectivity index (χ0n) is 40.3. The molecular weight excluding hydrogens is 1080 g/mol. The molecule has 21 aliphatic rings. The molecule has 14 bridgehead atoms. The van der Waals surface area contributed by atoms with E-state index in [-0.39, 0.29) is 0 Å². The third-order valence-corrected chi connectivity index (χ3v) is 15.3. The molecule has 77 heavy (non-hydrogen) atoms. The molecule has 34 nitrogen and oxygen atoms in total. The molecule has 21 rings (SSSR count). The molecule has 0 spiro atoms. The number of aliphatic hydroxyl groups is 20. The van der Waals surface area contributed by atoms with Gasteiger partial charge in [-0.2, -0.15) is 12.6 Å². The molecule has 21 aliphatic heterocycles. The second-order valence-electron chi connectivity index (χ2n) is 19.7. The van der Waals surface area contributed by atoms with Crippen LogP contribution in [0.4, 0.5) is 0 Å². The predicted molar refractivity (Wildman–Crippen MR) is 235 cm³/mol. The predicted octanol–water partition coefficient (Wildman–Crippen LogP) is -14.3. The Morgan fingerprint density at radius 2 is 0.338 bits per heavy atom. The maximum atomic E-state index is 11.5. The van der Waals surface area contributed by atoms with Crippen molar-refractivity contribution in [1.29, 1.82) is 0 Å². The van der Waals surface area contributed by atoms with Gasteiger partial charge in [0.1, 0.15) is 159 Å². The zero-order chi connectivity index (χ0) is 56.1. The van der Waals surface area contributed by atoms with Crippen LogP contribution in [0.1, 0.15) is 0 Å². The van der Waals surface area contributed by atoms with Crippen molar-refractivity contribution in [3.05, 3.63) is 0 Å². The summed E-state index contributed by atoms with van der Waals surface area (Å²) in [4.78, 5) is 0. The maximum Gasteiger partial charge on any atom is 0.187 e. The van der Waals surface area contributed by atoms with E-state index < -0.39 is 260 Å². The smallest absolute Gasteiger partial charge is 0.187 e. The molecular formula is C42H70O34S. The average Bonchev–Trinajstić information content (AvgIpc) is 3.45. The van der Waals surface area contributed by atoms with E-state index in [0.717, 1.165) is 0 Å². The van der Waals surface area contributed by atoms with Crippen LogP contribution in [-0.4, -0.2) is 362 Å². The van der Waals surface area contributed by atoms with Crippen LogP contribution < -0.4 is 0 Å². The number of ether oxygens (including phenoxy) is 14. The molecule has 21 heterocycles. The largest absolute Gasteiger partial charge is 0.394 e. The van der Waals surface area contributed by atoms with Crippen LogP contribution in [0.15, 0.2) is 0 Å². The van der Waals surface area contributed by atoms with Crippen molar-refractivity contribution in [3.63, 3.8) is 0 Å². The molecule has 0 saturated carbocycles. The van der Waals surface area contributed by atoms with Gasteiger partial charge >= 0.3 is 0 Å². The Kier molecular flexibility index (Phi) is 21.2. The monoisotopic (exact) mass is 1150 g/mol. The van der Waals surface area contributed by atoms with Gasteiger partial charge in [-0.3, -0.25) is 0 Å². The van der Waals surface area contributed by atoms with Crippen molar-refractivity contribution in [3.8, 4) is 0 Å². The van der Waals surface area contributed by atoms with Gasteiger partial charge in [0.2, 0.25) is 0 Å². The highest BCUT2D eigenvalue weighted by atomic mass is 32.1. The molecule has 448 valence electrons. The quantitative estimate of drug-likeness (QED) is 0.105. The number of aliphatic hydroxyl groups excluding tert-OH is 20. The molecule has 0 amide bonds. The zero-order valence-corrected chi connectivity index (χ0v) is 41.2. The van der Waals surface area contributed by atoms with E-state index in [9.17, 15) is 102 Å². The molecule has 0 aromatic rings. The molecule has 0 unspecified atom stereocenters. The van der Waals surface area contributed by atoms with Gasteiger partial charge in [0.25, 0.3) is 0 Å². The fourth-order valence-electron chi connectivity index (χ4n) is 10.4. The number of hydrogen-bond donors (Lipinski definition) is 21. The molecule has 0 aromatic heterocycles. The normalized spacial score (nSPS) is 55.4. The van der Waals surface area contributed by atoms with Crippen molar-refractivity contribution in [2.24, 2.45) is 0 Å². The summed E-state index contributed by atoms with van der Waals surface area (Å²) in [6, 6.07) is 0. The van der Waals surface area contributed by atoms with Gasteiger partial charge in [-0.15, -0.1) is 0 Å². The van der Waals surface area contributed by atoms with Gasteiger partial charge in [0, 0.05) is 0 Å². The third kappa shape index (κ3) is 12.2. The van der Waals surface area contributed by atoms with Crippen LogP contribution in [0.25, 0.3) is 0 Å². The molecule has 35 heteroatoms. The molecule has 20 N–H and O–H groups in total. The molecule has 35 atom stereocenters. The van der Waals surface area contributed by atoms with Gasteiger partial charge in [0.15, 0.2) is 44.0 Å². The Morgan fingerprint density at radius 3 is 0.506 bits per heavy atom. The number of hydrogen-bond acceptors (Lipinski definition) is 35. The Balaban J connectivity index is 1.08. The van der Waals surface area contributed by atoms with Gasteiger partial charge in [-0.05, 0) is 0 Å². The van der Waals surface area contributed by atoms with E-state index in [2.05, 4.69) is 12.6 Å². The van der Waals surface area contributed by atoms with E-state index in [1.807, 2.05) is 0 Å². The minimum atomic E-state index is -2.20. The standard InChI is InChI=1S/C42H70O34S/c43-1-8-28-15(50)21(56)37(63-8)71-30-10(3-45)65-39(23(58)17(30)52)73-32-12(5-47)67-41(25(60)19(32)54)75-34-14(7-49)69-42(35(77)27(34)62)76-33-13(6-48)68-40(26(61)20(33)55)74-31-11(4-46)66-38(24(59)18(31)53)72-29-9(2-44)64-36(70-28)22(57)16(29)51/h8-62,77H,1-7H2/t8-,9-,10-,11-,12-,13-,14-,15-,16-,17-,18-,19-,20-,21-,22-,23-,24-,25-,26-,27-,28-,29-,30-,31-,32-,33-,34-,35+,36-,37-,38-,39-,40-,41-,42-/m1/s1. The second-order valence-corrected chi connectivity index (χ2v) is 20.2. The fraction of sp³-hybridized carbons (Fsp3) is 1.00. The first-order chi connectivity index (χ1) is 36.7. The maximum absolute atomic E-state index is 11.5. The summed E-state index contributed by atoms with van der Waals surface area (Å²) < 4.78 is 80.2. The first-order valence-corrected chi connectivity index (χ1v) is 25.1. The van der Waals surface area contributed by atoms with Crippen molar-refractivity contribution < 1.29 is 168 Å². The van der Waals surface area contributed by atoms with Crippen LogP contribution in [-0.2, 0) is 66.3 Å². The lowest BCUT2D eigenvalue weighted by Crippen LogP contribution is -2.68. The Morgan fingerprint density at radius 1 is 0.195 bits per heavy atom. The van der Waals surface area contributed by atoms with E-state index in [1.54, 1.807) is 0 Å². The third-order valence-electron chi connectivity index (χ3n) is 14.8. The summed E-state index contributed by atoms with van der Waals surface area (Å²) >= 11 is 4.37. The van der Waals surface area contributed by atoms with E-state index in [0.29, 0.717) is 0 Å². The summed E-state index contributed by atoms with van der Waals surface area (Å²) in [6.07, 6.45) is -66.2. The SMILES string of the molecule is OC[C@H]1O[C@@H]2O[C@H]3[C@H](O)[C@@H](O)[C@@H](O[C@H]4[C@H](O)[C@@H](O)[C@@H](O[C@H]5[C@@H](O)[C@H](S)[C@@H](O[C@H]6[C@H](O)[C@@H](O)[C@@H](O[C@H]7[C@H](O)[C@@H](O)[C@@H](O[C@H]8[C@H](O)[C@@H](O)[C@@H](O[C@H]1[C@H](O)[C@H]2O)O[C@@H]8CO)O[C@@H]7CO)O[C@@H]6CO)O[C@@H]5CO)O[C@@H]4CO)O[C@@H]3CO. The van der Waals surface area contributed by atoms with Crippen molar-refractivity contribution in [1.82, 2.24) is 0 Å². The van der Waals surface area contributed by atoms with Crippen LogP contribution in [0, 0.1) is 0 Å². The van der Waals surface area contributed by atoms with Gasteiger partial charge in [0.05, 0.1) is 57.6 Å². The highest BCUT2D eigenvalue weighted by Crippen LogP contribution is 2.39.